The molecule has 0 saturated carbocycles. The summed E-state index contributed by atoms with van der Waals surface area (Å²) in [6.45, 7) is 4.04. The maximum absolute atomic E-state index is 12.4. The van der Waals surface area contributed by atoms with Gasteiger partial charge in [-0.05, 0) is 32.0 Å². The van der Waals surface area contributed by atoms with Gasteiger partial charge in [-0.2, -0.15) is 0 Å². The van der Waals surface area contributed by atoms with Gasteiger partial charge in [0.15, 0.2) is 5.13 Å². The first-order valence-corrected chi connectivity index (χ1v) is 8.12. The van der Waals surface area contributed by atoms with Crippen molar-refractivity contribution in [3.63, 3.8) is 0 Å². The molecule has 8 heteroatoms. The van der Waals surface area contributed by atoms with Crippen molar-refractivity contribution in [2.45, 2.75) is 13.8 Å². The molecular formula is C16H17N5O2S. The summed E-state index contributed by atoms with van der Waals surface area (Å²) in [7, 11) is 3.24. The van der Waals surface area contributed by atoms with Crippen LogP contribution in [0.1, 0.15) is 21.9 Å². The fourth-order valence-corrected chi connectivity index (χ4v) is 3.54. The first kappa shape index (κ1) is 16.3. The van der Waals surface area contributed by atoms with Crippen LogP contribution in [0.5, 0.6) is 0 Å². The van der Waals surface area contributed by atoms with E-state index in [0.717, 1.165) is 31.7 Å². The number of carbonyl (C=O) groups excluding carboxylic acids is 2. The molecule has 2 amide bonds. The normalized spacial score (nSPS) is 11.2. The van der Waals surface area contributed by atoms with Crippen molar-refractivity contribution in [2.24, 2.45) is 0 Å². The predicted molar refractivity (Wildman–Crippen MR) is 92.1 cm³/mol. The number of thiazole rings is 1. The minimum absolute atomic E-state index is 0.208. The van der Waals surface area contributed by atoms with Gasteiger partial charge in [0, 0.05) is 25.5 Å². The fraction of sp³-hybridized carbons (Fsp3) is 0.250. The van der Waals surface area contributed by atoms with E-state index in [1.54, 1.807) is 26.4 Å². The number of carbonyl (C=O) groups is 2. The highest BCUT2D eigenvalue weighted by Crippen LogP contribution is 2.27. The Kier molecular flexibility index (Phi) is 4.16. The second-order valence-electron chi connectivity index (χ2n) is 5.59. The third-order valence-electron chi connectivity index (χ3n) is 3.68. The Bertz CT molecular complexity index is 908. The van der Waals surface area contributed by atoms with Crippen LogP contribution in [0.2, 0.25) is 0 Å². The van der Waals surface area contributed by atoms with Gasteiger partial charge in [-0.3, -0.25) is 14.2 Å². The lowest BCUT2D eigenvalue weighted by molar-refractivity contribution is -0.125. The Morgan fingerprint density at radius 2 is 1.92 bits per heavy atom. The maximum atomic E-state index is 12.4. The van der Waals surface area contributed by atoms with Crippen molar-refractivity contribution in [3.8, 4) is 5.13 Å². The molecule has 3 aromatic rings. The van der Waals surface area contributed by atoms with Crippen LogP contribution in [0.25, 0.3) is 15.3 Å². The van der Waals surface area contributed by atoms with E-state index in [4.69, 9.17) is 0 Å². The van der Waals surface area contributed by atoms with Crippen molar-refractivity contribution in [1.29, 1.82) is 0 Å². The Morgan fingerprint density at radius 3 is 2.50 bits per heavy atom. The molecule has 0 radical (unpaired) electrons. The first-order chi connectivity index (χ1) is 11.4. The van der Waals surface area contributed by atoms with Gasteiger partial charge in [0.1, 0.15) is 11.2 Å². The number of nitrogens with zero attached hydrogens (tertiary/aromatic N) is 5. The van der Waals surface area contributed by atoms with Gasteiger partial charge >= 0.3 is 0 Å². The fourth-order valence-electron chi connectivity index (χ4n) is 2.44. The van der Waals surface area contributed by atoms with Gasteiger partial charge < -0.3 is 0 Å². The number of fused-ring (bicyclic) bond motifs is 1. The van der Waals surface area contributed by atoms with Crippen molar-refractivity contribution < 1.29 is 9.59 Å². The molecule has 124 valence electrons. The van der Waals surface area contributed by atoms with Gasteiger partial charge in [0.2, 0.25) is 6.41 Å². The van der Waals surface area contributed by atoms with Crippen molar-refractivity contribution in [1.82, 2.24) is 24.6 Å². The average molecular weight is 343 g/mol. The van der Waals surface area contributed by atoms with Crippen LogP contribution in [0.15, 0.2) is 24.4 Å². The van der Waals surface area contributed by atoms with E-state index in [1.807, 2.05) is 26.0 Å². The standard InChI is InChI=1S/C16H17N5O2S/c1-10-5-6-11(2)21(10)16-18-13-8-17-12(7-14(13)24-16)15(23)20(9-22)19(3)4/h5-9H,1-4H3. The first-order valence-electron chi connectivity index (χ1n) is 7.30. The Hall–Kier alpha value is -2.58. The van der Waals surface area contributed by atoms with Crippen molar-refractivity contribution in [3.05, 3.63) is 41.5 Å². The molecule has 3 aromatic heterocycles. The van der Waals surface area contributed by atoms with Gasteiger partial charge in [-0.25, -0.2) is 20.0 Å². The lowest BCUT2D eigenvalue weighted by Gasteiger charge is -2.21. The molecule has 0 N–H and O–H groups in total. The topological polar surface area (TPSA) is 71.3 Å². The number of aryl methyl sites for hydroxylation is 2. The summed E-state index contributed by atoms with van der Waals surface area (Å²) in [4.78, 5) is 32.2. The minimum Gasteiger partial charge on any atom is -0.295 e. The highest BCUT2D eigenvalue weighted by Gasteiger charge is 2.20. The quantitative estimate of drug-likeness (QED) is 0.536. The third kappa shape index (κ3) is 2.70. The Morgan fingerprint density at radius 1 is 1.25 bits per heavy atom. The van der Waals surface area contributed by atoms with Gasteiger partial charge in [0.05, 0.1) is 10.9 Å². The van der Waals surface area contributed by atoms with Crippen LogP contribution in [-0.2, 0) is 4.79 Å². The van der Waals surface area contributed by atoms with Gasteiger partial charge in [-0.15, -0.1) is 0 Å². The van der Waals surface area contributed by atoms with E-state index in [1.165, 1.54) is 16.3 Å². The summed E-state index contributed by atoms with van der Waals surface area (Å²) in [5.74, 6) is -0.472. The number of hydrogen-bond donors (Lipinski definition) is 0. The number of hydrazine groups is 1. The Balaban J connectivity index is 2.04. The van der Waals surface area contributed by atoms with E-state index in [0.29, 0.717) is 6.41 Å². The van der Waals surface area contributed by atoms with Crippen LogP contribution < -0.4 is 0 Å². The molecule has 0 saturated heterocycles. The molecule has 24 heavy (non-hydrogen) atoms. The largest absolute Gasteiger partial charge is 0.295 e. The summed E-state index contributed by atoms with van der Waals surface area (Å²) in [6.07, 6.45) is 2.04. The Labute approximate surface area is 143 Å². The minimum atomic E-state index is -0.472. The zero-order chi connectivity index (χ0) is 17.4. The second kappa shape index (κ2) is 6.14. The molecule has 0 atom stereocenters. The number of aromatic nitrogens is 3. The van der Waals surface area contributed by atoms with Crippen LogP contribution in [0.4, 0.5) is 0 Å². The zero-order valence-corrected chi connectivity index (χ0v) is 14.7. The summed E-state index contributed by atoms with van der Waals surface area (Å²) in [5, 5.41) is 3.21. The summed E-state index contributed by atoms with van der Waals surface area (Å²) < 4.78 is 2.91. The highest BCUT2D eigenvalue weighted by molar-refractivity contribution is 7.20. The van der Waals surface area contributed by atoms with Crippen LogP contribution in [0.3, 0.4) is 0 Å². The lowest BCUT2D eigenvalue weighted by Crippen LogP contribution is -2.41. The van der Waals surface area contributed by atoms with E-state index in [9.17, 15) is 9.59 Å². The SMILES string of the molecule is Cc1ccc(C)n1-c1nc2cnc(C(=O)N(C=O)N(C)C)cc2s1. The molecule has 7 nitrogen and oxygen atoms in total. The molecule has 0 bridgehead atoms. The van der Waals surface area contributed by atoms with E-state index >= 15 is 0 Å². The third-order valence-corrected chi connectivity index (χ3v) is 4.69. The molecular weight excluding hydrogens is 326 g/mol. The molecule has 0 fully saturated rings. The van der Waals surface area contributed by atoms with E-state index in [2.05, 4.69) is 14.5 Å². The smallest absolute Gasteiger partial charge is 0.293 e. The van der Waals surface area contributed by atoms with Gasteiger partial charge in [0.25, 0.3) is 5.91 Å². The van der Waals surface area contributed by atoms with Crippen molar-refractivity contribution >= 4 is 33.9 Å². The van der Waals surface area contributed by atoms with E-state index in [-0.39, 0.29) is 5.69 Å². The summed E-state index contributed by atoms with van der Waals surface area (Å²) in [6, 6.07) is 5.74. The molecule has 0 unspecified atom stereocenters. The molecule has 0 spiro atoms. The van der Waals surface area contributed by atoms with Gasteiger partial charge in [-0.1, -0.05) is 11.3 Å². The highest BCUT2D eigenvalue weighted by atomic mass is 32.1. The molecule has 3 heterocycles. The molecule has 0 aromatic carbocycles. The molecule has 0 aliphatic heterocycles. The lowest BCUT2D eigenvalue weighted by atomic mass is 10.3. The maximum Gasteiger partial charge on any atom is 0.293 e. The zero-order valence-electron chi connectivity index (χ0n) is 13.8. The molecule has 3 rings (SSSR count). The number of amides is 2. The van der Waals surface area contributed by atoms with Crippen molar-refractivity contribution in [2.75, 3.05) is 14.1 Å². The summed E-state index contributed by atoms with van der Waals surface area (Å²) in [5.41, 5.74) is 3.12. The average Bonchev–Trinajstić information content (AvgIpc) is 3.09. The number of pyridine rings is 1. The van der Waals surface area contributed by atoms with E-state index < -0.39 is 5.91 Å². The molecule has 0 aliphatic rings. The van der Waals surface area contributed by atoms with Crippen LogP contribution >= 0.6 is 11.3 Å². The second-order valence-corrected chi connectivity index (χ2v) is 6.60. The molecule has 0 aliphatic carbocycles. The predicted octanol–water partition coefficient (Wildman–Crippen LogP) is 2.17. The number of hydrogen-bond acceptors (Lipinski definition) is 6. The van der Waals surface area contributed by atoms with Crippen LogP contribution in [0, 0.1) is 13.8 Å². The monoisotopic (exact) mass is 343 g/mol. The number of rotatable bonds is 4. The van der Waals surface area contributed by atoms with Crippen LogP contribution in [-0.4, -0.2) is 51.0 Å². The summed E-state index contributed by atoms with van der Waals surface area (Å²) >= 11 is 1.48. The number of imide groups is 1.